The molecule has 0 bridgehead atoms. The molecule has 2 aromatic rings. The average Bonchev–Trinajstić information content (AvgIpc) is 3.22. The summed E-state index contributed by atoms with van der Waals surface area (Å²) in [5.74, 6) is 7.53. The summed E-state index contributed by atoms with van der Waals surface area (Å²) in [5.41, 5.74) is 5.24. The fourth-order valence-electron chi connectivity index (χ4n) is 8.08. The van der Waals surface area contributed by atoms with E-state index < -0.39 is 17.0 Å². The second-order valence-corrected chi connectivity index (χ2v) is 12.2. The molecule has 2 aromatic carbocycles. The van der Waals surface area contributed by atoms with Crippen LogP contribution in [0.2, 0.25) is 0 Å². The molecular formula is C35H36O5. The van der Waals surface area contributed by atoms with Crippen LogP contribution in [0.15, 0.2) is 71.3 Å². The van der Waals surface area contributed by atoms with E-state index in [1.807, 2.05) is 30.3 Å². The summed E-state index contributed by atoms with van der Waals surface area (Å²) < 4.78 is 5.60. The fourth-order valence-corrected chi connectivity index (χ4v) is 8.08. The Labute approximate surface area is 236 Å². The van der Waals surface area contributed by atoms with Gasteiger partial charge >= 0.3 is 5.97 Å². The van der Waals surface area contributed by atoms with E-state index in [9.17, 15) is 14.7 Å². The standard InChI is InChI=1S/C35H36O5/c1-34-21-30(24-4-3-5-27(20-24)40-2)33-28-13-11-26(36)19-25(28)10-12-29(33)31(34)15-17-35(34,39)16-14-22-6-8-23(9-7-22)18-32(37)38/h3-9,19-20,29-31,39H,10-13,15,17-18,21H2,1-2H3,(H,37,38)/t29-,30+,31-,34-,35-/m0/s1. The topological polar surface area (TPSA) is 83.8 Å². The Hall–Kier alpha value is -3.62. The van der Waals surface area contributed by atoms with Crippen molar-refractivity contribution in [3.8, 4) is 17.6 Å². The Balaban J connectivity index is 1.41. The third-order valence-electron chi connectivity index (χ3n) is 10.1. The third-order valence-corrected chi connectivity index (χ3v) is 10.1. The van der Waals surface area contributed by atoms with Crippen LogP contribution < -0.4 is 4.74 Å². The van der Waals surface area contributed by atoms with E-state index in [-0.39, 0.29) is 18.1 Å². The molecule has 5 heteroatoms. The Morgan fingerprint density at radius 3 is 2.65 bits per heavy atom. The molecule has 206 valence electrons. The average molecular weight is 537 g/mol. The van der Waals surface area contributed by atoms with Gasteiger partial charge in [0.2, 0.25) is 0 Å². The zero-order valence-corrected chi connectivity index (χ0v) is 23.2. The van der Waals surface area contributed by atoms with Crippen molar-refractivity contribution in [2.24, 2.45) is 17.3 Å². The van der Waals surface area contributed by atoms with Gasteiger partial charge in [-0.25, -0.2) is 0 Å². The SMILES string of the molecule is COc1cccc([C@H]2C[C@@]3(C)[C@@H](CC[C@@]3(O)C#Cc3ccc(CC(=O)O)cc3)[C@@H]3CCC4=CC(=O)CCC4=C32)c1. The second-order valence-electron chi connectivity index (χ2n) is 12.2. The van der Waals surface area contributed by atoms with E-state index in [2.05, 4.69) is 30.9 Å². The molecule has 0 radical (unpaired) electrons. The number of methoxy groups -OCH3 is 1. The molecule has 0 heterocycles. The maximum Gasteiger partial charge on any atom is 0.307 e. The van der Waals surface area contributed by atoms with Crippen LogP contribution in [0.1, 0.15) is 74.5 Å². The van der Waals surface area contributed by atoms with Gasteiger partial charge in [0.1, 0.15) is 11.4 Å². The summed E-state index contributed by atoms with van der Waals surface area (Å²) in [7, 11) is 1.69. The monoisotopic (exact) mass is 536 g/mol. The smallest absolute Gasteiger partial charge is 0.307 e. The van der Waals surface area contributed by atoms with Gasteiger partial charge < -0.3 is 14.9 Å². The first-order chi connectivity index (χ1) is 19.2. The van der Waals surface area contributed by atoms with Gasteiger partial charge in [0.05, 0.1) is 13.5 Å². The number of carboxylic acids is 1. The highest BCUT2D eigenvalue weighted by molar-refractivity contribution is 5.93. The number of aliphatic carboxylic acids is 1. The Morgan fingerprint density at radius 2 is 1.90 bits per heavy atom. The maximum atomic E-state index is 12.3. The number of benzene rings is 2. The number of aliphatic hydroxyl groups is 1. The molecule has 0 aliphatic heterocycles. The molecule has 5 atom stereocenters. The molecule has 0 amide bonds. The minimum absolute atomic E-state index is 0.0205. The van der Waals surface area contributed by atoms with Crippen molar-refractivity contribution < 1.29 is 24.5 Å². The number of hydrogen-bond acceptors (Lipinski definition) is 4. The third kappa shape index (κ3) is 4.49. The number of carbonyl (C=O) groups excluding carboxylic acids is 1. The van der Waals surface area contributed by atoms with Crippen molar-refractivity contribution in [1.82, 2.24) is 0 Å². The van der Waals surface area contributed by atoms with Crippen LogP contribution in [0.3, 0.4) is 0 Å². The van der Waals surface area contributed by atoms with Crippen molar-refractivity contribution in [2.45, 2.75) is 69.8 Å². The molecule has 0 unspecified atom stereocenters. The zero-order valence-electron chi connectivity index (χ0n) is 23.2. The van der Waals surface area contributed by atoms with Gasteiger partial charge in [0.15, 0.2) is 5.78 Å². The zero-order chi connectivity index (χ0) is 28.1. The highest BCUT2D eigenvalue weighted by atomic mass is 16.5. The predicted octanol–water partition coefficient (Wildman–Crippen LogP) is 6.00. The number of carbonyl (C=O) groups is 2. The number of carboxylic acid groups (broad SMARTS) is 1. The first-order valence-corrected chi connectivity index (χ1v) is 14.4. The van der Waals surface area contributed by atoms with E-state index >= 15 is 0 Å². The lowest BCUT2D eigenvalue weighted by Crippen LogP contribution is -2.51. The van der Waals surface area contributed by atoms with Crippen molar-refractivity contribution in [2.75, 3.05) is 7.11 Å². The predicted molar refractivity (Wildman–Crippen MR) is 153 cm³/mol. The Bertz CT molecular complexity index is 1490. The first-order valence-electron chi connectivity index (χ1n) is 14.4. The fraction of sp³-hybridized carbons (Fsp3) is 0.429. The molecule has 0 aromatic heterocycles. The van der Waals surface area contributed by atoms with E-state index in [0.717, 1.165) is 49.0 Å². The summed E-state index contributed by atoms with van der Waals surface area (Å²) in [6, 6.07) is 15.6. The van der Waals surface area contributed by atoms with Crippen LogP contribution in [-0.2, 0) is 16.0 Å². The number of allylic oxidation sites excluding steroid dienone is 4. The molecular weight excluding hydrogens is 500 g/mol. The molecule has 5 nitrogen and oxygen atoms in total. The van der Waals surface area contributed by atoms with Crippen molar-refractivity contribution >= 4 is 11.8 Å². The van der Waals surface area contributed by atoms with Crippen LogP contribution in [-0.4, -0.2) is 34.7 Å². The molecule has 0 spiro atoms. The van der Waals surface area contributed by atoms with E-state index in [1.54, 1.807) is 19.2 Å². The number of hydrogen-bond donors (Lipinski definition) is 2. The minimum atomic E-state index is -1.14. The van der Waals surface area contributed by atoms with E-state index in [0.29, 0.717) is 24.7 Å². The van der Waals surface area contributed by atoms with Gasteiger partial charge in [0.25, 0.3) is 0 Å². The molecule has 4 aliphatic carbocycles. The molecule has 6 rings (SSSR count). The van der Waals surface area contributed by atoms with Crippen molar-refractivity contribution in [3.63, 3.8) is 0 Å². The highest BCUT2D eigenvalue weighted by Crippen LogP contribution is 2.66. The Morgan fingerprint density at radius 1 is 1.10 bits per heavy atom. The molecule has 0 saturated heterocycles. The minimum Gasteiger partial charge on any atom is -0.497 e. The summed E-state index contributed by atoms with van der Waals surface area (Å²) >= 11 is 0. The van der Waals surface area contributed by atoms with Crippen LogP contribution in [0.25, 0.3) is 0 Å². The quantitative estimate of drug-likeness (QED) is 0.468. The lowest BCUT2D eigenvalue weighted by molar-refractivity contribution is -0.136. The van der Waals surface area contributed by atoms with Crippen LogP contribution >= 0.6 is 0 Å². The Kier molecular flexibility index (Phi) is 6.71. The van der Waals surface area contributed by atoms with Crippen LogP contribution in [0.5, 0.6) is 5.75 Å². The second kappa shape index (κ2) is 10.1. The lowest BCUT2D eigenvalue weighted by atomic mass is 9.51. The van der Waals surface area contributed by atoms with Gasteiger partial charge in [-0.2, -0.15) is 0 Å². The maximum absolute atomic E-state index is 12.3. The largest absolute Gasteiger partial charge is 0.497 e. The summed E-state index contributed by atoms with van der Waals surface area (Å²) in [4.78, 5) is 23.3. The van der Waals surface area contributed by atoms with Gasteiger partial charge in [-0.1, -0.05) is 48.6 Å². The van der Waals surface area contributed by atoms with Crippen molar-refractivity contribution in [1.29, 1.82) is 0 Å². The molecule has 2 N–H and O–H groups in total. The lowest BCUT2D eigenvalue weighted by Gasteiger charge is -2.53. The normalized spacial score (nSPS) is 30.8. The number of ether oxygens (including phenoxy) is 1. The summed E-state index contributed by atoms with van der Waals surface area (Å²) in [6.07, 6.45) is 7.48. The van der Waals surface area contributed by atoms with Crippen molar-refractivity contribution in [3.05, 3.63) is 88.0 Å². The van der Waals surface area contributed by atoms with Gasteiger partial charge in [-0.15, -0.1) is 0 Å². The van der Waals surface area contributed by atoms with Crippen LogP contribution in [0, 0.1) is 29.1 Å². The van der Waals surface area contributed by atoms with E-state index in [1.165, 1.54) is 22.3 Å². The summed E-state index contributed by atoms with van der Waals surface area (Å²) in [6.45, 7) is 2.24. The molecule has 2 saturated carbocycles. The van der Waals surface area contributed by atoms with E-state index in [4.69, 9.17) is 9.84 Å². The summed E-state index contributed by atoms with van der Waals surface area (Å²) in [5, 5.41) is 21.3. The highest BCUT2D eigenvalue weighted by Gasteiger charge is 2.62. The molecule has 2 fully saturated rings. The number of rotatable bonds is 4. The molecule has 4 aliphatic rings. The van der Waals surface area contributed by atoms with Gasteiger partial charge in [-0.3, -0.25) is 9.59 Å². The number of ketones is 1. The van der Waals surface area contributed by atoms with Gasteiger partial charge in [-0.05, 0) is 103 Å². The van der Waals surface area contributed by atoms with Crippen LogP contribution in [0.4, 0.5) is 0 Å². The number of fused-ring (bicyclic) bond motifs is 4. The molecule has 40 heavy (non-hydrogen) atoms. The van der Waals surface area contributed by atoms with Gasteiger partial charge in [0, 0.05) is 23.3 Å². The first kappa shape index (κ1) is 26.6.